The third kappa shape index (κ3) is 3.02. The molecule has 0 aliphatic rings. The minimum Gasteiger partial charge on any atom is -0.393 e. The predicted octanol–water partition coefficient (Wildman–Crippen LogP) is 1.85. The Morgan fingerprint density at radius 3 is 2.77 bits per heavy atom. The Morgan fingerprint density at radius 1 is 1.54 bits per heavy atom. The maximum absolute atomic E-state index is 12.2. The van der Waals surface area contributed by atoms with Gasteiger partial charge in [-0.05, 0) is 11.6 Å². The van der Waals surface area contributed by atoms with Crippen LogP contribution >= 0.6 is 12.2 Å². The van der Waals surface area contributed by atoms with Crippen molar-refractivity contribution in [1.29, 1.82) is 0 Å². The first-order valence-electron chi connectivity index (χ1n) is 3.60. The smallest absolute Gasteiger partial charge is 0.265 e. The molecule has 0 bridgehead atoms. The summed E-state index contributed by atoms with van der Waals surface area (Å²) < 4.78 is 24.4. The predicted molar refractivity (Wildman–Crippen MR) is 49.7 cm³/mol. The number of alkyl halides is 2. The van der Waals surface area contributed by atoms with E-state index in [0.29, 0.717) is 12.0 Å². The van der Waals surface area contributed by atoms with Crippen molar-refractivity contribution < 1.29 is 8.78 Å². The summed E-state index contributed by atoms with van der Waals surface area (Å²) in [5.74, 6) is 0. The summed E-state index contributed by atoms with van der Waals surface area (Å²) >= 11 is 4.65. The van der Waals surface area contributed by atoms with E-state index >= 15 is 0 Å². The number of pyridine rings is 1. The molecule has 0 atom stereocenters. The zero-order valence-electron chi connectivity index (χ0n) is 6.71. The minimum atomic E-state index is -2.50. The van der Waals surface area contributed by atoms with Crippen LogP contribution < -0.4 is 5.73 Å². The first kappa shape index (κ1) is 9.98. The number of aromatic nitrogens is 1. The van der Waals surface area contributed by atoms with E-state index in [9.17, 15) is 8.78 Å². The van der Waals surface area contributed by atoms with Crippen molar-refractivity contribution in [3.8, 4) is 0 Å². The number of hydrogen-bond acceptors (Lipinski definition) is 2. The van der Waals surface area contributed by atoms with Crippen LogP contribution in [-0.2, 0) is 6.42 Å². The zero-order valence-corrected chi connectivity index (χ0v) is 7.52. The molecule has 13 heavy (non-hydrogen) atoms. The van der Waals surface area contributed by atoms with Crippen molar-refractivity contribution in [2.45, 2.75) is 12.8 Å². The Kier molecular flexibility index (Phi) is 3.25. The fraction of sp³-hybridized carbons (Fsp3) is 0.250. The monoisotopic (exact) mass is 202 g/mol. The molecule has 5 heteroatoms. The van der Waals surface area contributed by atoms with Gasteiger partial charge in [0.15, 0.2) is 0 Å². The summed E-state index contributed by atoms with van der Waals surface area (Å²) in [6.07, 6.45) is 0.417. The number of nitrogens with two attached hydrogens (primary N) is 1. The Hall–Kier alpha value is -1.10. The van der Waals surface area contributed by atoms with Gasteiger partial charge in [-0.25, -0.2) is 8.78 Å². The van der Waals surface area contributed by atoms with Crippen molar-refractivity contribution >= 4 is 17.2 Å². The molecule has 0 unspecified atom stereocenters. The molecule has 0 saturated carbocycles. The van der Waals surface area contributed by atoms with Crippen LogP contribution in [0.2, 0.25) is 0 Å². The van der Waals surface area contributed by atoms with Crippen LogP contribution in [0.3, 0.4) is 0 Å². The van der Waals surface area contributed by atoms with Gasteiger partial charge in [-0.15, -0.1) is 0 Å². The standard InChI is InChI=1S/C8H8F2N2S/c9-8(10)6-1-5(2-7(11)13)3-12-4-6/h1,3-4,8H,2H2,(H2,11,13). The molecular weight excluding hydrogens is 194 g/mol. The molecule has 0 aromatic carbocycles. The van der Waals surface area contributed by atoms with Crippen LogP contribution in [0.15, 0.2) is 18.5 Å². The van der Waals surface area contributed by atoms with Gasteiger partial charge in [-0.3, -0.25) is 4.98 Å². The molecule has 0 aliphatic carbocycles. The second-order valence-electron chi connectivity index (χ2n) is 2.57. The Balaban J connectivity index is 2.85. The lowest BCUT2D eigenvalue weighted by Gasteiger charge is -2.02. The van der Waals surface area contributed by atoms with Crippen molar-refractivity contribution in [1.82, 2.24) is 4.98 Å². The quantitative estimate of drug-likeness (QED) is 0.760. The Labute approximate surface area is 79.8 Å². The SMILES string of the molecule is NC(=S)Cc1cncc(C(F)F)c1. The van der Waals surface area contributed by atoms with Crippen molar-refractivity contribution in [3.05, 3.63) is 29.6 Å². The highest BCUT2D eigenvalue weighted by molar-refractivity contribution is 7.80. The molecular formula is C8H8F2N2S. The van der Waals surface area contributed by atoms with Gasteiger partial charge in [0.1, 0.15) is 0 Å². The average molecular weight is 202 g/mol. The third-order valence-electron chi connectivity index (χ3n) is 1.45. The first-order valence-corrected chi connectivity index (χ1v) is 4.00. The normalized spacial score (nSPS) is 10.4. The van der Waals surface area contributed by atoms with Gasteiger partial charge in [0.2, 0.25) is 0 Å². The van der Waals surface area contributed by atoms with Crippen LogP contribution in [0.1, 0.15) is 17.6 Å². The van der Waals surface area contributed by atoms with Gasteiger partial charge in [0, 0.05) is 24.4 Å². The maximum Gasteiger partial charge on any atom is 0.265 e. The molecule has 1 rings (SSSR count). The first-order chi connectivity index (χ1) is 6.09. The van der Waals surface area contributed by atoms with E-state index in [2.05, 4.69) is 17.2 Å². The molecule has 1 aromatic rings. The lowest BCUT2D eigenvalue weighted by molar-refractivity contribution is 0.151. The zero-order chi connectivity index (χ0) is 9.84. The number of rotatable bonds is 3. The number of hydrogen-bond donors (Lipinski definition) is 1. The van der Waals surface area contributed by atoms with Crippen LogP contribution in [0.4, 0.5) is 8.78 Å². The average Bonchev–Trinajstić information content (AvgIpc) is 2.03. The fourth-order valence-corrected chi connectivity index (χ4v) is 1.09. The number of halogens is 2. The van der Waals surface area contributed by atoms with E-state index in [1.54, 1.807) is 0 Å². The lowest BCUT2D eigenvalue weighted by atomic mass is 10.1. The van der Waals surface area contributed by atoms with Gasteiger partial charge in [-0.1, -0.05) is 12.2 Å². The van der Waals surface area contributed by atoms with Crippen molar-refractivity contribution in [2.24, 2.45) is 5.73 Å². The summed E-state index contributed by atoms with van der Waals surface area (Å²) in [7, 11) is 0. The Bertz CT molecular complexity index is 315. The molecule has 0 spiro atoms. The summed E-state index contributed by atoms with van der Waals surface area (Å²) in [4.78, 5) is 3.94. The summed E-state index contributed by atoms with van der Waals surface area (Å²) in [6, 6.07) is 1.36. The van der Waals surface area contributed by atoms with Crippen molar-refractivity contribution in [2.75, 3.05) is 0 Å². The topological polar surface area (TPSA) is 38.9 Å². The Morgan fingerprint density at radius 2 is 2.23 bits per heavy atom. The minimum absolute atomic E-state index is 0.103. The highest BCUT2D eigenvalue weighted by atomic mass is 32.1. The van der Waals surface area contributed by atoms with Gasteiger partial charge in [0.05, 0.1) is 4.99 Å². The summed E-state index contributed by atoms with van der Waals surface area (Å²) in [5.41, 5.74) is 5.78. The van der Waals surface area contributed by atoms with Crippen LogP contribution in [0.5, 0.6) is 0 Å². The van der Waals surface area contributed by atoms with E-state index in [-0.39, 0.29) is 10.6 Å². The summed E-state index contributed by atoms with van der Waals surface area (Å²) in [5, 5.41) is 0. The third-order valence-corrected chi connectivity index (χ3v) is 1.59. The molecule has 2 nitrogen and oxygen atoms in total. The second kappa shape index (κ2) is 4.23. The molecule has 0 saturated heterocycles. The van der Waals surface area contributed by atoms with E-state index in [1.165, 1.54) is 12.3 Å². The van der Waals surface area contributed by atoms with Crippen LogP contribution in [-0.4, -0.2) is 9.97 Å². The molecule has 2 N–H and O–H groups in total. The lowest BCUT2D eigenvalue weighted by Crippen LogP contribution is -2.11. The molecule has 0 fully saturated rings. The van der Waals surface area contributed by atoms with Gasteiger partial charge in [0.25, 0.3) is 6.43 Å². The molecule has 0 radical (unpaired) electrons. The van der Waals surface area contributed by atoms with Gasteiger partial charge in [-0.2, -0.15) is 0 Å². The molecule has 1 heterocycles. The molecule has 0 aliphatic heterocycles. The highest BCUT2D eigenvalue weighted by Gasteiger charge is 2.07. The summed E-state index contributed by atoms with van der Waals surface area (Å²) in [6.45, 7) is 0. The number of thiocarbonyl (C=S) groups is 1. The van der Waals surface area contributed by atoms with E-state index < -0.39 is 6.43 Å². The van der Waals surface area contributed by atoms with Crippen LogP contribution in [0, 0.1) is 0 Å². The van der Waals surface area contributed by atoms with Crippen LogP contribution in [0.25, 0.3) is 0 Å². The van der Waals surface area contributed by atoms with E-state index in [0.717, 1.165) is 6.20 Å². The van der Waals surface area contributed by atoms with Gasteiger partial charge >= 0.3 is 0 Å². The van der Waals surface area contributed by atoms with Gasteiger partial charge < -0.3 is 5.73 Å². The van der Waals surface area contributed by atoms with Crippen molar-refractivity contribution in [3.63, 3.8) is 0 Å². The highest BCUT2D eigenvalue weighted by Crippen LogP contribution is 2.18. The van der Waals surface area contributed by atoms with E-state index in [1.807, 2.05) is 0 Å². The van der Waals surface area contributed by atoms with E-state index in [4.69, 9.17) is 5.73 Å². The largest absolute Gasteiger partial charge is 0.393 e. The molecule has 1 aromatic heterocycles. The molecule has 0 amide bonds. The molecule has 70 valence electrons. The number of nitrogens with zero attached hydrogens (tertiary/aromatic N) is 1. The second-order valence-corrected chi connectivity index (χ2v) is 3.09. The fourth-order valence-electron chi connectivity index (χ4n) is 0.925. The maximum atomic E-state index is 12.2.